The number of nitrogens with two attached hydrogens (primary N) is 1. The van der Waals surface area contributed by atoms with Crippen LogP contribution < -0.4 is 15.2 Å². The molecule has 1 aromatic rings. The highest BCUT2D eigenvalue weighted by molar-refractivity contribution is 6.31. The SMILES string of the molecule is NC(Cc1cc2c(cc1Cl)OC1(CCC1)O2)C(=O)O. The Balaban J connectivity index is 1.85. The Bertz CT molecular complexity index is 542. The summed E-state index contributed by atoms with van der Waals surface area (Å²) < 4.78 is 11.6. The molecule has 1 heterocycles. The molecule has 102 valence electrons. The Morgan fingerprint density at radius 3 is 2.58 bits per heavy atom. The molecule has 5 nitrogen and oxygen atoms in total. The van der Waals surface area contributed by atoms with Crippen LogP contribution in [-0.4, -0.2) is 22.9 Å². The van der Waals surface area contributed by atoms with Crippen molar-refractivity contribution in [1.82, 2.24) is 0 Å². The van der Waals surface area contributed by atoms with Gasteiger partial charge < -0.3 is 20.3 Å². The van der Waals surface area contributed by atoms with Crippen LogP contribution in [0.4, 0.5) is 0 Å². The first-order valence-electron chi connectivity index (χ1n) is 6.18. The molecule has 1 atom stereocenters. The number of hydrogen-bond acceptors (Lipinski definition) is 4. The molecular formula is C13H14ClNO4. The fourth-order valence-electron chi connectivity index (χ4n) is 2.31. The second-order valence-corrected chi connectivity index (χ2v) is 5.41. The summed E-state index contributed by atoms with van der Waals surface area (Å²) in [4.78, 5) is 10.8. The Kier molecular flexibility index (Phi) is 2.83. The van der Waals surface area contributed by atoms with Gasteiger partial charge in [-0.3, -0.25) is 4.79 Å². The Morgan fingerprint density at radius 1 is 1.42 bits per heavy atom. The zero-order valence-corrected chi connectivity index (χ0v) is 10.9. The minimum absolute atomic E-state index is 0.164. The lowest BCUT2D eigenvalue weighted by molar-refractivity contribution is -0.139. The molecule has 1 unspecified atom stereocenters. The van der Waals surface area contributed by atoms with E-state index in [0.717, 1.165) is 19.3 Å². The van der Waals surface area contributed by atoms with E-state index < -0.39 is 17.8 Å². The van der Waals surface area contributed by atoms with Gasteiger partial charge in [-0.05, 0) is 24.5 Å². The molecule has 0 aromatic heterocycles. The molecule has 1 saturated carbocycles. The van der Waals surface area contributed by atoms with E-state index in [-0.39, 0.29) is 6.42 Å². The first kappa shape index (κ1) is 12.6. The Morgan fingerprint density at radius 2 is 2.05 bits per heavy atom. The number of ether oxygens (including phenoxy) is 2. The van der Waals surface area contributed by atoms with Gasteiger partial charge in [-0.15, -0.1) is 0 Å². The van der Waals surface area contributed by atoms with Crippen LogP contribution in [0.15, 0.2) is 12.1 Å². The van der Waals surface area contributed by atoms with E-state index >= 15 is 0 Å². The van der Waals surface area contributed by atoms with Gasteiger partial charge in [-0.2, -0.15) is 0 Å². The van der Waals surface area contributed by atoms with Crippen molar-refractivity contribution in [2.75, 3.05) is 0 Å². The van der Waals surface area contributed by atoms with Gasteiger partial charge in [0, 0.05) is 23.9 Å². The Hall–Kier alpha value is -1.46. The van der Waals surface area contributed by atoms with E-state index in [1.54, 1.807) is 12.1 Å². The third-order valence-corrected chi connectivity index (χ3v) is 3.93. The van der Waals surface area contributed by atoms with Crippen molar-refractivity contribution in [2.24, 2.45) is 5.73 Å². The van der Waals surface area contributed by atoms with Gasteiger partial charge >= 0.3 is 5.97 Å². The van der Waals surface area contributed by atoms with Gasteiger partial charge in [0.25, 0.3) is 5.79 Å². The molecule has 1 spiro atoms. The van der Waals surface area contributed by atoms with Crippen molar-refractivity contribution in [2.45, 2.75) is 37.5 Å². The van der Waals surface area contributed by atoms with Crippen molar-refractivity contribution in [3.63, 3.8) is 0 Å². The fourth-order valence-corrected chi connectivity index (χ4v) is 2.54. The second-order valence-electron chi connectivity index (χ2n) is 5.01. The Labute approximate surface area is 115 Å². The first-order chi connectivity index (χ1) is 8.99. The second kappa shape index (κ2) is 4.28. The van der Waals surface area contributed by atoms with E-state index in [1.165, 1.54) is 0 Å². The van der Waals surface area contributed by atoms with E-state index in [1.807, 2.05) is 0 Å². The molecule has 1 aliphatic heterocycles. The molecule has 2 aliphatic rings. The molecule has 1 aromatic carbocycles. The maximum atomic E-state index is 10.8. The highest BCUT2D eigenvalue weighted by atomic mass is 35.5. The van der Waals surface area contributed by atoms with Crippen LogP contribution in [0, 0.1) is 0 Å². The quantitative estimate of drug-likeness (QED) is 0.886. The van der Waals surface area contributed by atoms with Gasteiger partial charge in [-0.25, -0.2) is 0 Å². The lowest BCUT2D eigenvalue weighted by atomic mass is 9.91. The third kappa shape index (κ3) is 2.13. The standard InChI is InChI=1S/C13H14ClNO4/c14-8-6-11-10(18-13(19-11)2-1-3-13)5-7(8)4-9(15)12(16)17/h5-6,9H,1-4,15H2,(H,16,17). The summed E-state index contributed by atoms with van der Waals surface area (Å²) in [5.74, 6) is -0.322. The van der Waals surface area contributed by atoms with Gasteiger partial charge in [0.1, 0.15) is 6.04 Å². The minimum Gasteiger partial charge on any atom is -0.480 e. The molecule has 3 N–H and O–H groups in total. The highest BCUT2D eigenvalue weighted by Crippen LogP contribution is 2.49. The zero-order valence-electron chi connectivity index (χ0n) is 10.2. The predicted molar refractivity (Wildman–Crippen MR) is 68.6 cm³/mol. The summed E-state index contributed by atoms with van der Waals surface area (Å²) >= 11 is 6.13. The molecule has 19 heavy (non-hydrogen) atoms. The molecule has 1 aliphatic carbocycles. The van der Waals surface area contributed by atoms with Crippen LogP contribution in [0.1, 0.15) is 24.8 Å². The molecule has 0 amide bonds. The van der Waals surface area contributed by atoms with Crippen LogP contribution in [0.25, 0.3) is 0 Å². The van der Waals surface area contributed by atoms with Crippen LogP contribution in [0.5, 0.6) is 11.5 Å². The zero-order chi connectivity index (χ0) is 13.6. The number of halogens is 1. The number of rotatable bonds is 3. The average molecular weight is 284 g/mol. The smallest absolute Gasteiger partial charge is 0.320 e. The number of carbonyl (C=O) groups is 1. The van der Waals surface area contributed by atoms with Crippen LogP contribution in [-0.2, 0) is 11.2 Å². The number of carboxylic acids is 1. The normalized spacial score (nSPS) is 20.1. The summed E-state index contributed by atoms with van der Waals surface area (Å²) in [5, 5.41) is 9.29. The maximum absolute atomic E-state index is 10.8. The summed E-state index contributed by atoms with van der Waals surface area (Å²) in [5.41, 5.74) is 6.19. The van der Waals surface area contributed by atoms with E-state index in [0.29, 0.717) is 22.1 Å². The van der Waals surface area contributed by atoms with Crippen molar-refractivity contribution >= 4 is 17.6 Å². The number of benzene rings is 1. The van der Waals surface area contributed by atoms with Crippen LogP contribution in [0.2, 0.25) is 5.02 Å². The highest BCUT2D eigenvalue weighted by Gasteiger charge is 2.47. The topological polar surface area (TPSA) is 81.8 Å². The van der Waals surface area contributed by atoms with Crippen molar-refractivity contribution in [3.05, 3.63) is 22.7 Å². The molecule has 3 rings (SSSR count). The van der Waals surface area contributed by atoms with Gasteiger partial charge in [-0.1, -0.05) is 11.6 Å². The largest absolute Gasteiger partial charge is 0.480 e. The molecule has 1 fully saturated rings. The maximum Gasteiger partial charge on any atom is 0.320 e. The van der Waals surface area contributed by atoms with Crippen LogP contribution in [0.3, 0.4) is 0 Å². The van der Waals surface area contributed by atoms with E-state index in [4.69, 9.17) is 31.9 Å². The monoisotopic (exact) mass is 283 g/mol. The van der Waals surface area contributed by atoms with Gasteiger partial charge in [0.15, 0.2) is 11.5 Å². The number of carboxylic acid groups (broad SMARTS) is 1. The lowest BCUT2D eigenvalue weighted by Gasteiger charge is -2.35. The number of hydrogen-bond donors (Lipinski definition) is 2. The molecule has 0 saturated heterocycles. The molecule has 0 bridgehead atoms. The van der Waals surface area contributed by atoms with Crippen molar-refractivity contribution in [3.8, 4) is 11.5 Å². The number of aliphatic carboxylic acids is 1. The third-order valence-electron chi connectivity index (χ3n) is 3.58. The fraction of sp³-hybridized carbons (Fsp3) is 0.462. The van der Waals surface area contributed by atoms with Crippen LogP contribution >= 0.6 is 11.6 Å². The lowest BCUT2D eigenvalue weighted by Crippen LogP contribution is -2.45. The minimum atomic E-state index is -1.05. The average Bonchev–Trinajstić information content (AvgIpc) is 2.67. The predicted octanol–water partition coefficient (Wildman–Crippen LogP) is 1.95. The summed E-state index contributed by atoms with van der Waals surface area (Å²) in [6.45, 7) is 0. The van der Waals surface area contributed by atoms with Crippen molar-refractivity contribution in [1.29, 1.82) is 0 Å². The number of fused-ring (bicyclic) bond motifs is 1. The molecule has 6 heteroatoms. The van der Waals surface area contributed by atoms with E-state index in [9.17, 15) is 4.79 Å². The summed E-state index contributed by atoms with van der Waals surface area (Å²) in [7, 11) is 0. The van der Waals surface area contributed by atoms with Gasteiger partial charge in [0.2, 0.25) is 0 Å². The molecule has 0 radical (unpaired) electrons. The summed E-state index contributed by atoms with van der Waals surface area (Å²) in [6.07, 6.45) is 2.98. The first-order valence-corrected chi connectivity index (χ1v) is 6.56. The van der Waals surface area contributed by atoms with E-state index in [2.05, 4.69) is 0 Å². The summed E-state index contributed by atoms with van der Waals surface area (Å²) in [6, 6.07) is 2.43. The van der Waals surface area contributed by atoms with Crippen molar-refractivity contribution < 1.29 is 19.4 Å². The van der Waals surface area contributed by atoms with Gasteiger partial charge in [0.05, 0.1) is 0 Å². The molecular weight excluding hydrogens is 270 g/mol.